The van der Waals surface area contributed by atoms with E-state index in [0.29, 0.717) is 29.8 Å². The molecular formula is C21H33NO3. The fourth-order valence-corrected chi connectivity index (χ4v) is 6.81. The highest BCUT2D eigenvalue weighted by Crippen LogP contribution is 2.61. The van der Waals surface area contributed by atoms with E-state index in [9.17, 15) is 4.79 Å². The van der Waals surface area contributed by atoms with Crippen molar-refractivity contribution in [1.29, 1.82) is 0 Å². The summed E-state index contributed by atoms with van der Waals surface area (Å²) in [5.74, 6) is 3.16. The fourth-order valence-electron chi connectivity index (χ4n) is 6.81. The van der Waals surface area contributed by atoms with Crippen LogP contribution in [-0.2, 0) is 14.3 Å². The summed E-state index contributed by atoms with van der Waals surface area (Å²) in [4.78, 5) is 15.3. The SMILES string of the molecule is CC1CCCN(CC2C(=O)OC3C2CC(C)C2CCC4(C)OC4C23)C1. The predicted molar refractivity (Wildman–Crippen MR) is 95.0 cm³/mol. The summed E-state index contributed by atoms with van der Waals surface area (Å²) in [5, 5.41) is 0. The van der Waals surface area contributed by atoms with Crippen LogP contribution in [0.2, 0.25) is 0 Å². The normalized spacial score (nSPS) is 55.1. The maximum Gasteiger partial charge on any atom is 0.310 e. The molecule has 0 aromatic rings. The van der Waals surface area contributed by atoms with Crippen molar-refractivity contribution < 1.29 is 14.3 Å². The smallest absolute Gasteiger partial charge is 0.310 e. The third-order valence-corrected chi connectivity index (χ3v) is 8.20. The van der Waals surface area contributed by atoms with Crippen LogP contribution in [0, 0.1) is 35.5 Å². The minimum Gasteiger partial charge on any atom is -0.461 e. The van der Waals surface area contributed by atoms with Crippen molar-refractivity contribution in [3.63, 3.8) is 0 Å². The highest BCUT2D eigenvalue weighted by Gasteiger charge is 2.67. The van der Waals surface area contributed by atoms with Crippen molar-refractivity contribution in [2.24, 2.45) is 35.5 Å². The van der Waals surface area contributed by atoms with Gasteiger partial charge in [-0.05, 0) is 63.3 Å². The second-order valence-electron chi connectivity index (χ2n) is 10.0. The van der Waals surface area contributed by atoms with E-state index in [4.69, 9.17) is 9.47 Å². The van der Waals surface area contributed by atoms with E-state index in [1.165, 1.54) is 25.7 Å². The van der Waals surface area contributed by atoms with Gasteiger partial charge in [0.1, 0.15) is 6.10 Å². The molecule has 9 atom stereocenters. The molecule has 2 aliphatic carbocycles. The van der Waals surface area contributed by atoms with Crippen molar-refractivity contribution >= 4 is 5.97 Å². The van der Waals surface area contributed by atoms with Gasteiger partial charge in [-0.1, -0.05) is 13.8 Å². The summed E-state index contributed by atoms with van der Waals surface area (Å²) >= 11 is 0. The number of nitrogens with zero attached hydrogens (tertiary/aromatic N) is 1. The van der Waals surface area contributed by atoms with Crippen LogP contribution in [0.3, 0.4) is 0 Å². The summed E-state index contributed by atoms with van der Waals surface area (Å²) in [7, 11) is 0. The second-order valence-corrected chi connectivity index (χ2v) is 10.0. The first kappa shape index (κ1) is 16.6. The standard InChI is InChI=1S/C21H33NO3/c1-12-5-4-8-22(10-12)11-16-15-9-13(2)14-6-7-21(3)19(25-21)17(14)18(15)24-20(16)23/h12-19H,4-11H2,1-3H3. The van der Waals surface area contributed by atoms with Gasteiger partial charge in [-0.15, -0.1) is 0 Å². The molecule has 0 spiro atoms. The summed E-state index contributed by atoms with van der Waals surface area (Å²) < 4.78 is 12.2. The first-order valence-corrected chi connectivity index (χ1v) is 10.6. The first-order valence-electron chi connectivity index (χ1n) is 10.6. The number of fused-ring (bicyclic) bond motifs is 5. The van der Waals surface area contributed by atoms with Gasteiger partial charge in [-0.25, -0.2) is 0 Å². The van der Waals surface area contributed by atoms with E-state index in [1.807, 2.05) is 0 Å². The summed E-state index contributed by atoms with van der Waals surface area (Å²) in [6, 6.07) is 0. The maximum absolute atomic E-state index is 12.8. The number of carbonyl (C=O) groups excluding carboxylic acids is 1. The number of ether oxygens (including phenoxy) is 2. The molecule has 140 valence electrons. The maximum atomic E-state index is 12.8. The molecule has 0 bridgehead atoms. The fraction of sp³-hybridized carbons (Fsp3) is 0.952. The number of hydrogen-bond donors (Lipinski definition) is 0. The van der Waals surface area contributed by atoms with Gasteiger partial charge in [0, 0.05) is 24.9 Å². The molecule has 3 aliphatic heterocycles. The number of likely N-dealkylation sites (tertiary alicyclic amines) is 1. The van der Waals surface area contributed by atoms with Gasteiger partial charge in [0.15, 0.2) is 0 Å². The van der Waals surface area contributed by atoms with Gasteiger partial charge < -0.3 is 14.4 Å². The molecule has 0 amide bonds. The van der Waals surface area contributed by atoms with E-state index in [2.05, 4.69) is 25.7 Å². The molecule has 25 heavy (non-hydrogen) atoms. The number of epoxide rings is 1. The van der Waals surface area contributed by atoms with Crippen molar-refractivity contribution in [1.82, 2.24) is 4.90 Å². The average molecular weight is 347 g/mol. The molecule has 5 rings (SSSR count). The largest absolute Gasteiger partial charge is 0.461 e. The Morgan fingerprint density at radius 2 is 2.08 bits per heavy atom. The van der Waals surface area contributed by atoms with Gasteiger partial charge >= 0.3 is 5.97 Å². The Hall–Kier alpha value is -0.610. The van der Waals surface area contributed by atoms with Gasteiger partial charge in [0.2, 0.25) is 0 Å². The number of carbonyl (C=O) groups is 1. The molecule has 9 unspecified atom stereocenters. The number of hydrogen-bond acceptors (Lipinski definition) is 4. The van der Waals surface area contributed by atoms with Gasteiger partial charge in [-0.3, -0.25) is 4.79 Å². The Kier molecular flexibility index (Phi) is 3.77. The lowest BCUT2D eigenvalue weighted by Crippen LogP contribution is -2.50. The summed E-state index contributed by atoms with van der Waals surface area (Å²) in [6.45, 7) is 10.2. The molecular weight excluding hydrogens is 314 g/mol. The Labute approximate surface area is 151 Å². The van der Waals surface area contributed by atoms with Crippen LogP contribution in [0.15, 0.2) is 0 Å². The van der Waals surface area contributed by atoms with Crippen LogP contribution in [0.1, 0.15) is 52.9 Å². The third-order valence-electron chi connectivity index (χ3n) is 8.20. The zero-order chi connectivity index (χ0) is 17.3. The molecule has 5 aliphatic rings. The van der Waals surface area contributed by atoms with E-state index in [-0.39, 0.29) is 23.6 Å². The van der Waals surface area contributed by atoms with E-state index < -0.39 is 0 Å². The van der Waals surface area contributed by atoms with Crippen LogP contribution >= 0.6 is 0 Å². The van der Waals surface area contributed by atoms with Crippen molar-refractivity contribution in [3.8, 4) is 0 Å². The Bertz CT molecular complexity index is 565. The monoisotopic (exact) mass is 347 g/mol. The topological polar surface area (TPSA) is 42.1 Å². The van der Waals surface area contributed by atoms with Gasteiger partial charge in [0.25, 0.3) is 0 Å². The zero-order valence-electron chi connectivity index (χ0n) is 15.9. The van der Waals surface area contributed by atoms with E-state index >= 15 is 0 Å². The second kappa shape index (κ2) is 5.69. The predicted octanol–water partition coefficient (Wildman–Crippen LogP) is 3.10. The van der Waals surface area contributed by atoms with E-state index in [0.717, 1.165) is 32.0 Å². The van der Waals surface area contributed by atoms with Crippen LogP contribution in [0.4, 0.5) is 0 Å². The molecule has 3 heterocycles. The summed E-state index contributed by atoms with van der Waals surface area (Å²) in [6.07, 6.45) is 6.64. The molecule has 4 heteroatoms. The van der Waals surface area contributed by atoms with Crippen LogP contribution in [0.5, 0.6) is 0 Å². The Morgan fingerprint density at radius 1 is 1.24 bits per heavy atom. The molecule has 2 saturated carbocycles. The third kappa shape index (κ3) is 2.58. The molecule has 4 nitrogen and oxygen atoms in total. The Morgan fingerprint density at radius 3 is 2.88 bits per heavy atom. The van der Waals surface area contributed by atoms with Crippen LogP contribution in [0.25, 0.3) is 0 Å². The lowest BCUT2D eigenvalue weighted by Gasteiger charge is -2.45. The lowest BCUT2D eigenvalue weighted by atomic mass is 9.58. The summed E-state index contributed by atoms with van der Waals surface area (Å²) in [5.41, 5.74) is 0.0789. The van der Waals surface area contributed by atoms with Crippen molar-refractivity contribution in [3.05, 3.63) is 0 Å². The lowest BCUT2D eigenvalue weighted by molar-refractivity contribution is -0.149. The number of esters is 1. The molecule has 0 aromatic heterocycles. The molecule has 3 saturated heterocycles. The van der Waals surface area contributed by atoms with Crippen LogP contribution in [-0.4, -0.2) is 48.3 Å². The molecule has 0 N–H and O–H groups in total. The highest BCUT2D eigenvalue weighted by atomic mass is 16.6. The minimum atomic E-state index is 0.0778. The van der Waals surface area contributed by atoms with Crippen LogP contribution < -0.4 is 0 Å². The highest BCUT2D eigenvalue weighted by molar-refractivity contribution is 5.75. The van der Waals surface area contributed by atoms with Gasteiger partial charge in [0.05, 0.1) is 17.6 Å². The van der Waals surface area contributed by atoms with Gasteiger partial charge in [-0.2, -0.15) is 0 Å². The average Bonchev–Trinajstić information content (AvgIpc) is 3.18. The van der Waals surface area contributed by atoms with E-state index in [1.54, 1.807) is 0 Å². The Balaban J connectivity index is 1.35. The molecule has 0 radical (unpaired) electrons. The molecule has 5 fully saturated rings. The first-order chi connectivity index (χ1) is 12.0. The quantitative estimate of drug-likeness (QED) is 0.569. The zero-order valence-corrected chi connectivity index (χ0v) is 15.9. The van der Waals surface area contributed by atoms with Crippen molar-refractivity contribution in [2.75, 3.05) is 19.6 Å². The number of rotatable bonds is 2. The minimum absolute atomic E-state index is 0.0778. The number of piperidine rings is 1. The van der Waals surface area contributed by atoms with Crippen molar-refractivity contribution in [2.45, 2.75) is 70.7 Å². The molecule has 0 aromatic carbocycles.